The van der Waals surface area contributed by atoms with Crippen molar-refractivity contribution in [3.8, 4) is 0 Å². The lowest BCUT2D eigenvalue weighted by Crippen LogP contribution is -2.40. The van der Waals surface area contributed by atoms with Crippen LogP contribution in [0.2, 0.25) is 0 Å². The van der Waals surface area contributed by atoms with E-state index in [-0.39, 0.29) is 53.6 Å². The maximum Gasteiger partial charge on any atom is 0.324 e. The summed E-state index contributed by atoms with van der Waals surface area (Å²) in [5.74, 6) is -2.79. The molecule has 1 N–H and O–H groups in total. The van der Waals surface area contributed by atoms with Gasteiger partial charge in [-0.2, -0.15) is 15.1 Å². The fourth-order valence-corrected chi connectivity index (χ4v) is 5.21. The molecular formula is C21H23F2N7O3S. The largest absolute Gasteiger partial charge is 0.340 e. The fraction of sp³-hybridized carbons (Fsp3) is 0.524. The van der Waals surface area contributed by atoms with Crippen molar-refractivity contribution >= 4 is 45.0 Å². The summed E-state index contributed by atoms with van der Waals surface area (Å²) in [5, 5.41) is 18.6. The number of thiophene rings is 1. The van der Waals surface area contributed by atoms with Gasteiger partial charge in [0.15, 0.2) is 5.65 Å². The molecular weight excluding hydrogens is 468 g/mol. The molecule has 0 radical (unpaired) electrons. The smallest absolute Gasteiger partial charge is 0.324 e. The van der Waals surface area contributed by atoms with Crippen LogP contribution in [0, 0.1) is 10.1 Å². The van der Waals surface area contributed by atoms with Crippen LogP contribution in [0.15, 0.2) is 18.3 Å². The number of hydrogen-bond acceptors (Lipinski definition) is 8. The second kappa shape index (κ2) is 8.85. The maximum atomic E-state index is 13.7. The van der Waals surface area contributed by atoms with E-state index in [1.165, 1.54) is 18.6 Å². The lowest BCUT2D eigenvalue weighted by atomic mass is 9.96. The summed E-state index contributed by atoms with van der Waals surface area (Å²) in [4.78, 5) is 34.3. The van der Waals surface area contributed by atoms with Crippen LogP contribution in [0.4, 0.5) is 25.5 Å². The lowest BCUT2D eigenvalue weighted by molar-refractivity contribution is -0.380. The Labute approximate surface area is 197 Å². The van der Waals surface area contributed by atoms with E-state index < -0.39 is 16.8 Å². The third-order valence-corrected chi connectivity index (χ3v) is 7.40. The zero-order valence-electron chi connectivity index (χ0n) is 18.2. The molecule has 0 bridgehead atoms. The predicted octanol–water partition coefficient (Wildman–Crippen LogP) is 4.79. The van der Waals surface area contributed by atoms with Crippen molar-refractivity contribution in [2.45, 2.75) is 56.9 Å². The maximum absolute atomic E-state index is 13.7. The van der Waals surface area contributed by atoms with E-state index in [1.54, 1.807) is 11.1 Å². The monoisotopic (exact) mass is 491 g/mol. The highest BCUT2D eigenvalue weighted by Crippen LogP contribution is 2.34. The number of halogens is 2. The van der Waals surface area contributed by atoms with E-state index in [2.05, 4.69) is 20.4 Å². The zero-order valence-corrected chi connectivity index (χ0v) is 19.1. The number of nitro groups is 1. The van der Waals surface area contributed by atoms with Gasteiger partial charge in [-0.25, -0.2) is 13.5 Å². The average molecular weight is 492 g/mol. The number of rotatable bonds is 5. The topological polar surface area (TPSA) is 119 Å². The third kappa shape index (κ3) is 4.43. The first-order chi connectivity index (χ1) is 16.3. The molecule has 180 valence electrons. The molecule has 4 heterocycles. The second-order valence-electron chi connectivity index (χ2n) is 8.68. The van der Waals surface area contributed by atoms with E-state index in [0.717, 1.165) is 37.0 Å². The first-order valence-corrected chi connectivity index (χ1v) is 12.1. The molecule has 1 saturated carbocycles. The van der Waals surface area contributed by atoms with Gasteiger partial charge < -0.3 is 10.2 Å². The molecule has 3 aromatic rings. The van der Waals surface area contributed by atoms with Gasteiger partial charge in [0.2, 0.25) is 5.95 Å². The summed E-state index contributed by atoms with van der Waals surface area (Å²) in [7, 11) is 0. The highest BCUT2D eigenvalue weighted by Gasteiger charge is 2.35. The van der Waals surface area contributed by atoms with Gasteiger partial charge in [0.05, 0.1) is 27.4 Å². The second-order valence-corrected chi connectivity index (χ2v) is 9.74. The van der Waals surface area contributed by atoms with E-state index >= 15 is 0 Å². The number of carbonyl (C=O) groups excluding carboxylic acids is 1. The molecule has 2 aliphatic rings. The summed E-state index contributed by atoms with van der Waals surface area (Å²) in [6.07, 6.45) is 6.29. The molecule has 2 fully saturated rings. The molecule has 10 nitrogen and oxygen atoms in total. The van der Waals surface area contributed by atoms with Crippen LogP contribution in [-0.2, 0) is 0 Å². The minimum absolute atomic E-state index is 0.0978. The van der Waals surface area contributed by atoms with Crippen molar-refractivity contribution in [2.24, 2.45) is 0 Å². The van der Waals surface area contributed by atoms with Crippen LogP contribution >= 0.6 is 11.3 Å². The molecule has 0 unspecified atom stereocenters. The standard InChI is InChI=1S/C21H23F2N7O3S/c22-21(23)8-10-28(11-9-21)20-26-17(25-19(31)15-6-7-16(34-15)30(32)33)14-12-24-29(18(14)27-20)13-4-2-1-3-5-13/h6-7,12-13H,1-5,8-11H2,(H,25,26,27,31). The minimum Gasteiger partial charge on any atom is -0.340 e. The summed E-state index contributed by atoms with van der Waals surface area (Å²) in [6, 6.07) is 2.83. The molecule has 1 aliphatic heterocycles. The summed E-state index contributed by atoms with van der Waals surface area (Å²) >= 11 is 0.765. The highest BCUT2D eigenvalue weighted by molar-refractivity contribution is 7.17. The van der Waals surface area contributed by atoms with E-state index in [0.29, 0.717) is 11.0 Å². The molecule has 5 rings (SSSR count). The Balaban J connectivity index is 1.51. The van der Waals surface area contributed by atoms with Gasteiger partial charge in [0.25, 0.3) is 11.8 Å². The van der Waals surface area contributed by atoms with E-state index in [1.807, 2.05) is 4.68 Å². The van der Waals surface area contributed by atoms with Crippen LogP contribution in [0.1, 0.15) is 60.7 Å². The van der Waals surface area contributed by atoms with Crippen molar-refractivity contribution in [3.05, 3.63) is 33.3 Å². The summed E-state index contributed by atoms with van der Waals surface area (Å²) < 4.78 is 29.3. The highest BCUT2D eigenvalue weighted by atomic mass is 32.1. The van der Waals surface area contributed by atoms with Crippen molar-refractivity contribution in [1.29, 1.82) is 0 Å². The van der Waals surface area contributed by atoms with Crippen molar-refractivity contribution in [3.63, 3.8) is 0 Å². The molecule has 0 spiro atoms. The van der Waals surface area contributed by atoms with Crippen molar-refractivity contribution in [2.75, 3.05) is 23.3 Å². The number of nitrogens with one attached hydrogen (secondary N) is 1. The number of amides is 1. The first kappa shape index (κ1) is 22.6. The number of nitrogens with zero attached hydrogens (tertiary/aromatic N) is 6. The number of alkyl halides is 2. The number of aromatic nitrogens is 4. The van der Waals surface area contributed by atoms with Gasteiger partial charge in [-0.15, -0.1) is 0 Å². The SMILES string of the molecule is O=C(Nc1nc(N2CCC(F)(F)CC2)nc2c1cnn2C1CCCCC1)c1ccc([N+](=O)[O-])s1. The Morgan fingerprint density at radius 3 is 2.59 bits per heavy atom. The van der Waals surface area contributed by atoms with Crippen LogP contribution in [0.5, 0.6) is 0 Å². The van der Waals surface area contributed by atoms with Gasteiger partial charge in [0, 0.05) is 32.0 Å². The Kier molecular flexibility index (Phi) is 5.88. The average Bonchev–Trinajstić information content (AvgIpc) is 3.48. The number of carbonyl (C=O) groups is 1. The molecule has 0 aromatic carbocycles. The van der Waals surface area contributed by atoms with E-state index in [4.69, 9.17) is 0 Å². The number of anilines is 2. The molecule has 0 atom stereocenters. The molecule has 1 amide bonds. The van der Waals surface area contributed by atoms with Crippen molar-refractivity contribution in [1.82, 2.24) is 19.7 Å². The van der Waals surface area contributed by atoms with E-state index in [9.17, 15) is 23.7 Å². The third-order valence-electron chi connectivity index (χ3n) is 6.37. The minimum atomic E-state index is -2.71. The predicted molar refractivity (Wildman–Crippen MR) is 123 cm³/mol. The lowest BCUT2D eigenvalue weighted by Gasteiger charge is -2.32. The fourth-order valence-electron chi connectivity index (χ4n) is 4.49. The van der Waals surface area contributed by atoms with Gasteiger partial charge in [-0.3, -0.25) is 14.9 Å². The Hall–Kier alpha value is -3.22. The number of fused-ring (bicyclic) bond motifs is 1. The van der Waals surface area contributed by atoms with Crippen LogP contribution in [0.25, 0.3) is 11.0 Å². The first-order valence-electron chi connectivity index (χ1n) is 11.2. The van der Waals surface area contributed by atoms with Crippen LogP contribution in [-0.4, -0.2) is 49.6 Å². The number of piperidine rings is 1. The molecule has 1 aliphatic carbocycles. The Morgan fingerprint density at radius 2 is 1.91 bits per heavy atom. The molecule has 3 aromatic heterocycles. The van der Waals surface area contributed by atoms with Crippen molar-refractivity contribution < 1.29 is 18.5 Å². The molecule has 34 heavy (non-hydrogen) atoms. The zero-order chi connectivity index (χ0) is 23.9. The summed E-state index contributed by atoms with van der Waals surface area (Å²) in [5.41, 5.74) is 0.543. The van der Waals surface area contributed by atoms with Gasteiger partial charge in [-0.1, -0.05) is 30.6 Å². The van der Waals surface area contributed by atoms with Crippen LogP contribution in [0.3, 0.4) is 0 Å². The number of hydrogen-bond donors (Lipinski definition) is 1. The van der Waals surface area contributed by atoms with Crippen LogP contribution < -0.4 is 10.2 Å². The van der Waals surface area contributed by atoms with Gasteiger partial charge in [-0.05, 0) is 18.9 Å². The molecule has 1 saturated heterocycles. The quantitative estimate of drug-likeness (QED) is 0.403. The van der Waals surface area contributed by atoms with Gasteiger partial charge in [0.1, 0.15) is 5.82 Å². The molecule has 13 heteroatoms. The Morgan fingerprint density at radius 1 is 1.18 bits per heavy atom. The normalized spacial score (nSPS) is 18.8. The van der Waals surface area contributed by atoms with Gasteiger partial charge >= 0.3 is 5.00 Å². The Bertz CT molecular complexity index is 1230. The summed E-state index contributed by atoms with van der Waals surface area (Å²) in [6.45, 7) is 0.196.